The zero-order valence-corrected chi connectivity index (χ0v) is 18.2. The standard InChI is InChI=1S/C24H24N8O/c1-32-10-9-17(29-24(33)28-16-7-5-15(12-25)6-8-16)11-21(32)23-30-19-4-2-3-18(22(19)31-23)20-13-26-14-27-20/h2-8,13-14,17,21H,9-11H2,1H3,(H,26,27)(H,30,31)(H2,28,29,33)/t17-,21-/m1/s1. The van der Waals surface area contributed by atoms with Crippen molar-refractivity contribution in [2.24, 2.45) is 0 Å². The lowest BCUT2D eigenvalue weighted by molar-refractivity contribution is 0.153. The summed E-state index contributed by atoms with van der Waals surface area (Å²) in [5.41, 5.74) is 5.05. The Hall–Kier alpha value is -4.16. The van der Waals surface area contributed by atoms with E-state index in [4.69, 9.17) is 10.2 Å². The first-order valence-corrected chi connectivity index (χ1v) is 10.9. The smallest absolute Gasteiger partial charge is 0.319 e. The number of piperidine rings is 1. The zero-order valence-electron chi connectivity index (χ0n) is 18.2. The van der Waals surface area contributed by atoms with Crippen LogP contribution in [0, 0.1) is 11.3 Å². The Morgan fingerprint density at radius 3 is 2.85 bits per heavy atom. The monoisotopic (exact) mass is 440 g/mol. The van der Waals surface area contributed by atoms with Crippen LogP contribution in [0.5, 0.6) is 0 Å². The fourth-order valence-corrected chi connectivity index (χ4v) is 4.35. The maximum atomic E-state index is 12.5. The number of likely N-dealkylation sites (tertiary alicyclic amines) is 1. The SMILES string of the molecule is CN1CC[C@@H](NC(=O)Nc2ccc(C#N)cc2)C[C@@H]1c1nc2cccc(-c3cnc[nH]3)c2[nH]1. The van der Waals surface area contributed by atoms with Gasteiger partial charge in [-0.25, -0.2) is 14.8 Å². The number of nitrogens with one attached hydrogen (secondary N) is 4. The summed E-state index contributed by atoms with van der Waals surface area (Å²) in [5, 5.41) is 14.8. The number of nitrogens with zero attached hydrogens (tertiary/aromatic N) is 4. The number of para-hydroxylation sites is 1. The maximum Gasteiger partial charge on any atom is 0.319 e. The van der Waals surface area contributed by atoms with Crippen LogP contribution >= 0.6 is 0 Å². The first-order valence-electron chi connectivity index (χ1n) is 10.9. The minimum absolute atomic E-state index is 0.0184. The predicted molar refractivity (Wildman–Crippen MR) is 125 cm³/mol. The van der Waals surface area contributed by atoms with Gasteiger partial charge in [0.05, 0.1) is 46.9 Å². The van der Waals surface area contributed by atoms with Gasteiger partial charge in [-0.2, -0.15) is 5.26 Å². The molecule has 1 aliphatic rings. The van der Waals surface area contributed by atoms with Gasteiger partial charge in [0.2, 0.25) is 0 Å². The first-order chi connectivity index (χ1) is 16.1. The van der Waals surface area contributed by atoms with Crippen molar-refractivity contribution in [3.63, 3.8) is 0 Å². The van der Waals surface area contributed by atoms with E-state index in [1.165, 1.54) is 0 Å². The molecular weight excluding hydrogens is 416 g/mol. The summed E-state index contributed by atoms with van der Waals surface area (Å²) < 4.78 is 0. The summed E-state index contributed by atoms with van der Waals surface area (Å²) >= 11 is 0. The van der Waals surface area contributed by atoms with Crippen molar-refractivity contribution in [3.8, 4) is 17.3 Å². The van der Waals surface area contributed by atoms with Gasteiger partial charge < -0.3 is 20.6 Å². The van der Waals surface area contributed by atoms with Crippen LogP contribution in [0.4, 0.5) is 10.5 Å². The Labute approximate surface area is 190 Å². The Bertz CT molecular complexity index is 1300. The fourth-order valence-electron chi connectivity index (χ4n) is 4.35. The molecule has 2 aromatic carbocycles. The highest BCUT2D eigenvalue weighted by atomic mass is 16.2. The molecule has 2 amide bonds. The molecule has 0 bridgehead atoms. The van der Waals surface area contributed by atoms with E-state index >= 15 is 0 Å². The molecule has 2 atom stereocenters. The molecule has 4 aromatic rings. The second-order valence-electron chi connectivity index (χ2n) is 8.29. The number of fused-ring (bicyclic) bond motifs is 1. The van der Waals surface area contributed by atoms with Crippen LogP contribution in [-0.2, 0) is 0 Å². The molecule has 4 N–H and O–H groups in total. The maximum absolute atomic E-state index is 12.5. The molecule has 0 saturated carbocycles. The van der Waals surface area contributed by atoms with Gasteiger partial charge in [0.15, 0.2) is 0 Å². The normalized spacial score (nSPS) is 18.7. The number of rotatable bonds is 4. The lowest BCUT2D eigenvalue weighted by Gasteiger charge is -2.36. The number of aromatic nitrogens is 4. The summed E-state index contributed by atoms with van der Waals surface area (Å²) in [6, 6.07) is 14.7. The molecule has 33 heavy (non-hydrogen) atoms. The average molecular weight is 441 g/mol. The van der Waals surface area contributed by atoms with Gasteiger partial charge in [0.1, 0.15) is 5.82 Å². The number of imidazole rings is 2. The number of hydrogen-bond donors (Lipinski definition) is 4. The highest BCUT2D eigenvalue weighted by Crippen LogP contribution is 2.32. The number of benzene rings is 2. The highest BCUT2D eigenvalue weighted by molar-refractivity contribution is 5.91. The molecule has 3 heterocycles. The quantitative estimate of drug-likeness (QED) is 0.384. The molecule has 0 spiro atoms. The van der Waals surface area contributed by atoms with E-state index in [1.807, 2.05) is 18.2 Å². The lowest BCUT2D eigenvalue weighted by atomic mass is 9.97. The van der Waals surface area contributed by atoms with Gasteiger partial charge in [0.25, 0.3) is 0 Å². The van der Waals surface area contributed by atoms with E-state index in [0.717, 1.165) is 47.5 Å². The Morgan fingerprint density at radius 1 is 1.24 bits per heavy atom. The lowest BCUT2D eigenvalue weighted by Crippen LogP contribution is -2.46. The van der Waals surface area contributed by atoms with E-state index in [2.05, 4.69) is 43.6 Å². The molecule has 9 nitrogen and oxygen atoms in total. The highest BCUT2D eigenvalue weighted by Gasteiger charge is 2.30. The number of urea groups is 1. The second-order valence-corrected chi connectivity index (χ2v) is 8.29. The molecule has 9 heteroatoms. The van der Waals surface area contributed by atoms with Crippen LogP contribution in [0.3, 0.4) is 0 Å². The summed E-state index contributed by atoms with van der Waals surface area (Å²) in [7, 11) is 2.08. The van der Waals surface area contributed by atoms with Crippen LogP contribution in [0.1, 0.15) is 30.3 Å². The molecule has 1 saturated heterocycles. The molecule has 2 aromatic heterocycles. The number of aromatic amines is 2. The van der Waals surface area contributed by atoms with E-state index in [1.54, 1.807) is 36.8 Å². The summed E-state index contributed by atoms with van der Waals surface area (Å²) in [4.78, 5) is 30.5. The number of amides is 2. The third kappa shape index (κ3) is 4.29. The van der Waals surface area contributed by atoms with Crippen molar-refractivity contribution >= 4 is 22.8 Å². The molecule has 0 unspecified atom stereocenters. The van der Waals surface area contributed by atoms with Crippen LogP contribution in [0.25, 0.3) is 22.3 Å². The van der Waals surface area contributed by atoms with Gasteiger partial charge in [0, 0.05) is 23.8 Å². The topological polar surface area (TPSA) is 126 Å². The summed E-state index contributed by atoms with van der Waals surface area (Å²) in [6.45, 7) is 0.844. The number of hydrogen-bond acceptors (Lipinski definition) is 5. The third-order valence-electron chi connectivity index (χ3n) is 6.12. The largest absolute Gasteiger partial charge is 0.345 e. The molecule has 1 fully saturated rings. The van der Waals surface area contributed by atoms with Gasteiger partial charge >= 0.3 is 6.03 Å². The van der Waals surface area contributed by atoms with Crippen LogP contribution in [0.15, 0.2) is 55.0 Å². The van der Waals surface area contributed by atoms with Crippen molar-refractivity contribution in [1.82, 2.24) is 30.2 Å². The molecule has 166 valence electrons. The average Bonchev–Trinajstić information content (AvgIpc) is 3.51. The molecular formula is C24H24N8O. The van der Waals surface area contributed by atoms with Crippen LogP contribution < -0.4 is 10.6 Å². The molecule has 5 rings (SSSR count). The second kappa shape index (κ2) is 8.76. The van der Waals surface area contributed by atoms with Gasteiger partial charge in [-0.1, -0.05) is 12.1 Å². The number of anilines is 1. The Morgan fingerprint density at radius 2 is 2.09 bits per heavy atom. The van der Waals surface area contributed by atoms with Gasteiger partial charge in [-0.3, -0.25) is 4.90 Å². The van der Waals surface area contributed by atoms with Crippen LogP contribution in [-0.4, -0.2) is 50.5 Å². The number of carbonyl (C=O) groups excluding carboxylic acids is 1. The van der Waals surface area contributed by atoms with Crippen molar-refractivity contribution in [2.75, 3.05) is 18.9 Å². The third-order valence-corrected chi connectivity index (χ3v) is 6.12. The van der Waals surface area contributed by atoms with Gasteiger partial charge in [-0.15, -0.1) is 0 Å². The molecule has 1 aliphatic heterocycles. The summed E-state index contributed by atoms with van der Waals surface area (Å²) in [5.74, 6) is 0.887. The molecule has 0 radical (unpaired) electrons. The Kier molecular flexibility index (Phi) is 5.50. The number of nitriles is 1. The summed E-state index contributed by atoms with van der Waals surface area (Å²) in [6.07, 6.45) is 5.07. The first kappa shape index (κ1) is 20.7. The van der Waals surface area contributed by atoms with Crippen LogP contribution in [0.2, 0.25) is 0 Å². The zero-order chi connectivity index (χ0) is 22.8. The fraction of sp³-hybridized carbons (Fsp3) is 0.250. The van der Waals surface area contributed by atoms with Crippen molar-refractivity contribution < 1.29 is 4.79 Å². The van der Waals surface area contributed by atoms with Crippen molar-refractivity contribution in [3.05, 3.63) is 66.4 Å². The Balaban J connectivity index is 1.31. The van der Waals surface area contributed by atoms with E-state index in [-0.39, 0.29) is 18.1 Å². The van der Waals surface area contributed by atoms with Crippen molar-refractivity contribution in [2.45, 2.75) is 24.9 Å². The molecule has 0 aliphatic carbocycles. The minimum atomic E-state index is -0.251. The predicted octanol–water partition coefficient (Wildman–Crippen LogP) is 3.78. The van der Waals surface area contributed by atoms with E-state index in [9.17, 15) is 4.79 Å². The number of H-pyrrole nitrogens is 2. The minimum Gasteiger partial charge on any atom is -0.345 e. The van der Waals surface area contributed by atoms with E-state index in [0.29, 0.717) is 11.3 Å². The van der Waals surface area contributed by atoms with Crippen molar-refractivity contribution in [1.29, 1.82) is 5.26 Å². The number of carbonyl (C=O) groups is 1. The van der Waals surface area contributed by atoms with Gasteiger partial charge in [-0.05, 0) is 50.2 Å². The van der Waals surface area contributed by atoms with E-state index < -0.39 is 0 Å².